The fraction of sp³-hybridized carbons (Fsp3) is 0.448. The molecule has 41 heavy (non-hydrogen) atoms. The van der Waals surface area contributed by atoms with Crippen molar-refractivity contribution in [1.82, 2.24) is 4.90 Å². The molecule has 1 saturated heterocycles. The Bertz CT molecular complexity index is 1600. The summed E-state index contributed by atoms with van der Waals surface area (Å²) in [5.41, 5.74) is 1.13. The van der Waals surface area contributed by atoms with Crippen LogP contribution in [0.3, 0.4) is 0 Å². The first-order valence-corrected chi connectivity index (χ1v) is 16.1. The number of rotatable bonds is 8. The number of halogens is 4. The molecular weight excluding hydrogens is 578 g/mol. The summed E-state index contributed by atoms with van der Waals surface area (Å²) in [6.07, 6.45) is -0.0939. The average Bonchev–Trinajstić information content (AvgIpc) is 3.69. The molecule has 2 N–H and O–H groups in total. The van der Waals surface area contributed by atoms with Crippen LogP contribution >= 0.6 is 11.3 Å². The smallest absolute Gasteiger partial charge is 0.393 e. The summed E-state index contributed by atoms with van der Waals surface area (Å²) < 4.78 is 84.7. The fourth-order valence-corrected chi connectivity index (χ4v) is 7.12. The lowest BCUT2D eigenvalue weighted by molar-refractivity contribution is -0.126. The molecule has 1 aliphatic carbocycles. The van der Waals surface area contributed by atoms with Gasteiger partial charge in [0.2, 0.25) is 0 Å². The van der Waals surface area contributed by atoms with Gasteiger partial charge in [-0.05, 0) is 42.7 Å². The van der Waals surface area contributed by atoms with Gasteiger partial charge in [0.05, 0.1) is 41.0 Å². The van der Waals surface area contributed by atoms with Gasteiger partial charge >= 0.3 is 6.18 Å². The molecule has 0 bridgehead atoms. The minimum Gasteiger partial charge on any atom is -0.495 e. The van der Waals surface area contributed by atoms with Crippen LogP contribution < -0.4 is 15.4 Å². The van der Waals surface area contributed by atoms with Crippen molar-refractivity contribution in [3.05, 3.63) is 46.6 Å². The van der Waals surface area contributed by atoms with Crippen molar-refractivity contribution in [2.45, 2.75) is 55.3 Å². The Hall–Kier alpha value is -3.01. The number of ether oxygens (including phenoxy) is 1. The summed E-state index contributed by atoms with van der Waals surface area (Å²) in [6.45, 7) is 2.02. The van der Waals surface area contributed by atoms with Crippen molar-refractivity contribution in [1.29, 1.82) is 0 Å². The molecule has 2 fully saturated rings. The molecule has 0 spiro atoms. The number of anilines is 2. The Morgan fingerprint density at radius 3 is 2.49 bits per heavy atom. The Morgan fingerprint density at radius 2 is 1.85 bits per heavy atom. The van der Waals surface area contributed by atoms with Crippen LogP contribution in [0.5, 0.6) is 5.75 Å². The first-order valence-electron chi connectivity index (χ1n) is 13.3. The number of nitrogens with zero attached hydrogens (tertiary/aromatic N) is 1. The van der Waals surface area contributed by atoms with E-state index >= 15 is 0 Å². The summed E-state index contributed by atoms with van der Waals surface area (Å²) in [7, 11) is -2.48. The first kappa shape index (κ1) is 29.5. The standard InChI is InChI=1S/C29H31F4N3O3S2/c1-39-25-16-27(41(2,37)38)22(30)15-24(25)34-12-4-7-26-21(17-29(31,32)33)20-5-3-6-23(28(20)40-26)35-18-10-13-36(14-11-18)19-8-9-19/h3,5-6,15-16,18-19,34-35H,8-14,17H2,1-2H3. The number of thiophene rings is 1. The van der Waals surface area contributed by atoms with Gasteiger partial charge < -0.3 is 20.3 Å². The quantitative estimate of drug-likeness (QED) is 0.239. The number of alkyl halides is 3. The third-order valence-electron chi connectivity index (χ3n) is 7.37. The van der Waals surface area contributed by atoms with Crippen LogP contribution in [0.1, 0.15) is 36.1 Å². The lowest BCUT2D eigenvalue weighted by atomic mass is 10.0. The molecule has 1 saturated carbocycles. The van der Waals surface area contributed by atoms with E-state index in [0.29, 0.717) is 10.3 Å². The molecule has 3 aromatic rings. The van der Waals surface area contributed by atoms with E-state index in [1.807, 2.05) is 6.07 Å². The fourth-order valence-electron chi connectivity index (χ4n) is 5.22. The van der Waals surface area contributed by atoms with E-state index in [1.165, 1.54) is 31.3 Å². The van der Waals surface area contributed by atoms with Crippen molar-refractivity contribution in [3.8, 4) is 17.6 Å². The van der Waals surface area contributed by atoms with Crippen LogP contribution in [-0.4, -0.2) is 64.6 Å². The molecule has 2 heterocycles. The van der Waals surface area contributed by atoms with E-state index in [0.717, 1.165) is 60.7 Å². The highest BCUT2D eigenvalue weighted by Crippen LogP contribution is 2.40. The van der Waals surface area contributed by atoms with E-state index < -0.39 is 33.1 Å². The van der Waals surface area contributed by atoms with Gasteiger partial charge in [0.25, 0.3) is 0 Å². The van der Waals surface area contributed by atoms with Gasteiger partial charge in [-0.1, -0.05) is 24.0 Å². The second kappa shape index (κ2) is 11.7. The van der Waals surface area contributed by atoms with Gasteiger partial charge in [0, 0.05) is 43.6 Å². The van der Waals surface area contributed by atoms with Gasteiger partial charge in [-0.2, -0.15) is 13.2 Å². The van der Waals surface area contributed by atoms with E-state index in [2.05, 4.69) is 27.4 Å². The second-order valence-corrected chi connectivity index (χ2v) is 13.5. The molecule has 0 atom stereocenters. The SMILES string of the molecule is COc1cc(S(C)(=O)=O)c(F)cc1NCC#Cc1sc2c(NC3CCN(C4CC4)CC3)cccc2c1CC(F)(F)F. The van der Waals surface area contributed by atoms with Gasteiger partial charge in [0.15, 0.2) is 9.84 Å². The van der Waals surface area contributed by atoms with Gasteiger partial charge in [-0.25, -0.2) is 12.8 Å². The number of hydrogen-bond donors (Lipinski definition) is 2. The number of benzene rings is 2. The highest BCUT2D eigenvalue weighted by molar-refractivity contribution is 7.90. The molecule has 220 valence electrons. The van der Waals surface area contributed by atoms with Crippen molar-refractivity contribution in [3.63, 3.8) is 0 Å². The molecule has 0 unspecified atom stereocenters. The predicted octanol–water partition coefficient (Wildman–Crippen LogP) is 6.06. The van der Waals surface area contributed by atoms with Crippen LogP contribution in [0, 0.1) is 17.7 Å². The monoisotopic (exact) mass is 609 g/mol. The van der Waals surface area contributed by atoms with E-state index in [9.17, 15) is 26.0 Å². The molecule has 0 amide bonds. The maximum Gasteiger partial charge on any atom is 0.393 e. The highest BCUT2D eigenvalue weighted by Gasteiger charge is 2.33. The Labute approximate surface area is 241 Å². The van der Waals surface area contributed by atoms with Crippen molar-refractivity contribution >= 4 is 42.6 Å². The van der Waals surface area contributed by atoms with E-state index in [4.69, 9.17) is 4.74 Å². The predicted molar refractivity (Wildman–Crippen MR) is 154 cm³/mol. The number of fused-ring (bicyclic) bond motifs is 1. The molecular formula is C29H31F4N3O3S2. The molecule has 12 heteroatoms. The lowest BCUT2D eigenvalue weighted by Crippen LogP contribution is -2.40. The van der Waals surface area contributed by atoms with E-state index in [1.54, 1.807) is 12.1 Å². The zero-order chi connectivity index (χ0) is 29.4. The molecule has 5 rings (SSSR count). The van der Waals surface area contributed by atoms with Gasteiger partial charge in [-0.15, -0.1) is 11.3 Å². The van der Waals surface area contributed by atoms with Crippen LogP contribution in [0.4, 0.5) is 28.9 Å². The highest BCUT2D eigenvalue weighted by atomic mass is 32.2. The summed E-state index contributed by atoms with van der Waals surface area (Å²) >= 11 is 1.23. The number of methoxy groups -OCH3 is 1. The maximum absolute atomic E-state index is 14.4. The summed E-state index contributed by atoms with van der Waals surface area (Å²) in [6, 6.07) is 8.45. The molecule has 0 radical (unpaired) electrons. The second-order valence-electron chi connectivity index (χ2n) is 10.5. The largest absolute Gasteiger partial charge is 0.495 e. The number of sulfone groups is 1. The van der Waals surface area contributed by atoms with Crippen molar-refractivity contribution < 1.29 is 30.7 Å². The van der Waals surface area contributed by atoms with E-state index in [-0.39, 0.29) is 29.6 Å². The van der Waals surface area contributed by atoms with Crippen LogP contribution in [0.15, 0.2) is 35.2 Å². The average molecular weight is 610 g/mol. The topological polar surface area (TPSA) is 70.7 Å². The summed E-state index contributed by atoms with van der Waals surface area (Å²) in [5.74, 6) is 4.87. The third kappa shape index (κ3) is 7.08. The molecule has 6 nitrogen and oxygen atoms in total. The maximum atomic E-state index is 14.4. The molecule has 1 aliphatic heterocycles. The zero-order valence-corrected chi connectivity index (χ0v) is 24.3. The van der Waals surface area contributed by atoms with Crippen LogP contribution in [-0.2, 0) is 16.3 Å². The molecule has 2 aromatic carbocycles. The Kier molecular flexibility index (Phi) is 8.41. The zero-order valence-electron chi connectivity index (χ0n) is 22.7. The summed E-state index contributed by atoms with van der Waals surface area (Å²) in [4.78, 5) is 2.35. The van der Waals surface area contributed by atoms with Crippen LogP contribution in [0.25, 0.3) is 10.1 Å². The molecule has 2 aliphatic rings. The number of likely N-dealkylation sites (tertiary alicyclic amines) is 1. The van der Waals surface area contributed by atoms with Crippen molar-refractivity contribution in [2.24, 2.45) is 0 Å². The Morgan fingerprint density at radius 1 is 1.12 bits per heavy atom. The van der Waals surface area contributed by atoms with Gasteiger partial charge in [-0.3, -0.25) is 0 Å². The number of piperidine rings is 1. The minimum atomic E-state index is -4.41. The number of hydrogen-bond acceptors (Lipinski definition) is 7. The number of nitrogens with one attached hydrogen (secondary N) is 2. The first-order chi connectivity index (χ1) is 19.4. The summed E-state index contributed by atoms with van der Waals surface area (Å²) in [5, 5.41) is 6.98. The lowest BCUT2D eigenvalue weighted by Gasteiger charge is -2.33. The normalized spacial score (nSPS) is 16.8. The Balaban J connectivity index is 1.37. The minimum absolute atomic E-state index is 0.0294. The van der Waals surface area contributed by atoms with Gasteiger partial charge in [0.1, 0.15) is 16.5 Å². The van der Waals surface area contributed by atoms with Crippen molar-refractivity contribution in [2.75, 3.05) is 43.6 Å². The third-order valence-corrected chi connectivity index (χ3v) is 9.68. The van der Waals surface area contributed by atoms with Crippen LogP contribution in [0.2, 0.25) is 0 Å². The molecule has 1 aromatic heterocycles.